The second-order valence-electron chi connectivity index (χ2n) is 6.17. The molecule has 6 nitrogen and oxygen atoms in total. The number of carbonyl (C=O) groups is 2. The number of rotatable bonds is 4. The Balaban J connectivity index is 1.60. The Morgan fingerprint density at radius 3 is 3.00 bits per heavy atom. The molecule has 1 atom stereocenters. The molecule has 0 saturated heterocycles. The number of methoxy groups -OCH3 is 1. The minimum atomic E-state index is -0.185. The van der Waals surface area contributed by atoms with Crippen molar-refractivity contribution in [3.8, 4) is 5.75 Å². The average molecular weight is 359 g/mol. The molecule has 3 rings (SSSR count). The number of benzene rings is 1. The Kier molecular flexibility index (Phi) is 5.53. The molecule has 0 bridgehead atoms. The number of aliphatic imine (C=N–C) groups is 2. The van der Waals surface area contributed by atoms with Crippen molar-refractivity contribution in [2.24, 2.45) is 15.9 Å². The van der Waals surface area contributed by atoms with E-state index in [1.54, 1.807) is 7.11 Å². The van der Waals surface area contributed by atoms with Crippen LogP contribution in [0.3, 0.4) is 0 Å². The van der Waals surface area contributed by atoms with E-state index < -0.39 is 0 Å². The number of fused-ring (bicyclic) bond motifs is 1. The highest BCUT2D eigenvalue weighted by atomic mass is 32.2. The molecule has 2 amide bonds. The van der Waals surface area contributed by atoms with Crippen LogP contribution in [0, 0.1) is 12.8 Å². The summed E-state index contributed by atoms with van der Waals surface area (Å²) < 4.78 is 5.26. The standard InChI is InChI=1S/C18H21N3O3S/c1-11-7-8-15(24-2)14(9-11)19-16(22)10-25-18-20-13-6-4-3-5-12(13)17(23)21-18/h7-9,12H,3-6,10H2,1-2H3,(H,19,22). The number of ether oxygens (including phenoxy) is 1. The smallest absolute Gasteiger partial charge is 0.256 e. The van der Waals surface area contributed by atoms with Crippen molar-refractivity contribution in [1.29, 1.82) is 0 Å². The van der Waals surface area contributed by atoms with Crippen molar-refractivity contribution < 1.29 is 14.3 Å². The van der Waals surface area contributed by atoms with Crippen molar-refractivity contribution in [2.75, 3.05) is 18.2 Å². The van der Waals surface area contributed by atoms with Gasteiger partial charge in [0.25, 0.3) is 5.91 Å². The maximum absolute atomic E-state index is 12.2. The third-order valence-electron chi connectivity index (χ3n) is 4.28. The molecule has 25 heavy (non-hydrogen) atoms. The Hall–Kier alpha value is -2.15. The van der Waals surface area contributed by atoms with Crippen molar-refractivity contribution in [3.63, 3.8) is 0 Å². The number of amides is 2. The predicted octanol–water partition coefficient (Wildman–Crippen LogP) is 3.20. The summed E-state index contributed by atoms with van der Waals surface area (Å²) in [4.78, 5) is 32.8. The third-order valence-corrected chi connectivity index (χ3v) is 5.13. The Labute approximate surface area is 151 Å². The summed E-state index contributed by atoms with van der Waals surface area (Å²) in [6.07, 6.45) is 3.80. The molecular formula is C18H21N3O3S. The molecule has 2 aliphatic rings. The fraction of sp³-hybridized carbons (Fsp3) is 0.444. The fourth-order valence-electron chi connectivity index (χ4n) is 3.02. The Morgan fingerprint density at radius 2 is 2.20 bits per heavy atom. The molecule has 132 valence electrons. The van der Waals surface area contributed by atoms with Crippen LogP contribution in [0.2, 0.25) is 0 Å². The van der Waals surface area contributed by atoms with Gasteiger partial charge in [-0.1, -0.05) is 24.2 Å². The number of nitrogens with one attached hydrogen (secondary N) is 1. The number of aryl methyl sites for hydroxylation is 1. The first-order chi connectivity index (χ1) is 12.1. The van der Waals surface area contributed by atoms with Gasteiger partial charge in [0.2, 0.25) is 5.91 Å². The van der Waals surface area contributed by atoms with Gasteiger partial charge >= 0.3 is 0 Å². The normalized spacial score (nSPS) is 19.6. The number of anilines is 1. The SMILES string of the molecule is COc1ccc(C)cc1NC(=O)CSC1=NC(=O)C2CCCCC2=N1. The minimum Gasteiger partial charge on any atom is -0.495 e. The van der Waals surface area contributed by atoms with Gasteiger partial charge in [-0.2, -0.15) is 4.99 Å². The van der Waals surface area contributed by atoms with Crippen LogP contribution in [-0.2, 0) is 9.59 Å². The first-order valence-corrected chi connectivity index (χ1v) is 9.32. The van der Waals surface area contributed by atoms with E-state index in [0.717, 1.165) is 37.0 Å². The van der Waals surface area contributed by atoms with Crippen LogP contribution in [0.5, 0.6) is 5.75 Å². The van der Waals surface area contributed by atoms with Gasteiger partial charge in [0, 0.05) is 5.71 Å². The maximum Gasteiger partial charge on any atom is 0.256 e. The zero-order chi connectivity index (χ0) is 17.8. The Bertz CT molecular complexity index is 758. The average Bonchev–Trinajstić information content (AvgIpc) is 2.60. The topological polar surface area (TPSA) is 80.1 Å². The zero-order valence-electron chi connectivity index (χ0n) is 14.4. The highest BCUT2D eigenvalue weighted by molar-refractivity contribution is 8.14. The van der Waals surface area contributed by atoms with E-state index in [9.17, 15) is 9.59 Å². The zero-order valence-corrected chi connectivity index (χ0v) is 15.2. The Morgan fingerprint density at radius 1 is 1.36 bits per heavy atom. The van der Waals surface area contributed by atoms with E-state index >= 15 is 0 Å². The van der Waals surface area contributed by atoms with Gasteiger partial charge in [-0.05, 0) is 43.9 Å². The van der Waals surface area contributed by atoms with Crippen LogP contribution in [0.25, 0.3) is 0 Å². The van der Waals surface area contributed by atoms with E-state index in [1.807, 2.05) is 25.1 Å². The van der Waals surface area contributed by atoms with E-state index in [1.165, 1.54) is 11.8 Å². The van der Waals surface area contributed by atoms with Crippen LogP contribution in [0.1, 0.15) is 31.2 Å². The molecule has 1 heterocycles. The molecule has 1 aromatic rings. The molecule has 1 unspecified atom stereocenters. The van der Waals surface area contributed by atoms with Gasteiger partial charge in [0.15, 0.2) is 5.17 Å². The summed E-state index contributed by atoms with van der Waals surface area (Å²) in [6, 6.07) is 5.59. The van der Waals surface area contributed by atoms with Crippen LogP contribution in [0.15, 0.2) is 28.2 Å². The van der Waals surface area contributed by atoms with Gasteiger partial charge in [-0.15, -0.1) is 0 Å². The number of nitrogens with zero attached hydrogens (tertiary/aromatic N) is 2. The fourth-order valence-corrected chi connectivity index (χ4v) is 3.68. The highest BCUT2D eigenvalue weighted by Crippen LogP contribution is 2.28. The highest BCUT2D eigenvalue weighted by Gasteiger charge is 2.30. The van der Waals surface area contributed by atoms with E-state index in [4.69, 9.17) is 4.74 Å². The first-order valence-electron chi connectivity index (χ1n) is 8.34. The second-order valence-corrected chi connectivity index (χ2v) is 7.12. The van der Waals surface area contributed by atoms with Gasteiger partial charge < -0.3 is 10.1 Å². The van der Waals surface area contributed by atoms with Gasteiger partial charge in [0.05, 0.1) is 24.5 Å². The number of amidine groups is 1. The molecule has 1 aromatic carbocycles. The van der Waals surface area contributed by atoms with Crippen molar-refractivity contribution in [2.45, 2.75) is 32.6 Å². The third kappa shape index (κ3) is 4.28. The molecular weight excluding hydrogens is 338 g/mol. The van der Waals surface area contributed by atoms with Crippen LogP contribution < -0.4 is 10.1 Å². The number of hydrogen-bond donors (Lipinski definition) is 1. The van der Waals surface area contributed by atoms with E-state index in [2.05, 4.69) is 15.3 Å². The van der Waals surface area contributed by atoms with Gasteiger partial charge in [-0.3, -0.25) is 9.59 Å². The lowest BCUT2D eigenvalue weighted by atomic mass is 9.86. The van der Waals surface area contributed by atoms with Crippen molar-refractivity contribution in [1.82, 2.24) is 0 Å². The van der Waals surface area contributed by atoms with Crippen molar-refractivity contribution >= 4 is 40.1 Å². The molecule has 1 saturated carbocycles. The summed E-state index contributed by atoms with van der Waals surface area (Å²) in [5, 5.41) is 3.23. The van der Waals surface area contributed by atoms with Crippen LogP contribution >= 0.6 is 11.8 Å². The second kappa shape index (κ2) is 7.82. The van der Waals surface area contributed by atoms with Crippen molar-refractivity contribution in [3.05, 3.63) is 23.8 Å². The number of thioether (sulfide) groups is 1. The molecule has 7 heteroatoms. The molecule has 0 radical (unpaired) electrons. The summed E-state index contributed by atoms with van der Waals surface area (Å²) >= 11 is 1.19. The summed E-state index contributed by atoms with van der Waals surface area (Å²) in [7, 11) is 1.56. The summed E-state index contributed by atoms with van der Waals surface area (Å²) in [5.41, 5.74) is 2.59. The van der Waals surface area contributed by atoms with E-state index in [-0.39, 0.29) is 23.5 Å². The first kappa shape index (κ1) is 17.7. The maximum atomic E-state index is 12.2. The lowest BCUT2D eigenvalue weighted by Crippen LogP contribution is -2.30. The molecule has 0 aromatic heterocycles. The lowest BCUT2D eigenvalue weighted by molar-refractivity contribution is -0.120. The molecule has 1 aliphatic heterocycles. The van der Waals surface area contributed by atoms with Gasteiger partial charge in [-0.25, -0.2) is 4.99 Å². The predicted molar refractivity (Wildman–Crippen MR) is 101 cm³/mol. The summed E-state index contributed by atoms with van der Waals surface area (Å²) in [5.74, 6) is 0.316. The van der Waals surface area contributed by atoms with E-state index in [0.29, 0.717) is 16.6 Å². The quantitative estimate of drug-likeness (QED) is 0.895. The monoisotopic (exact) mass is 359 g/mol. The summed E-state index contributed by atoms with van der Waals surface area (Å²) in [6.45, 7) is 1.95. The molecule has 1 N–H and O–H groups in total. The van der Waals surface area contributed by atoms with Gasteiger partial charge in [0.1, 0.15) is 5.75 Å². The lowest BCUT2D eigenvalue weighted by Gasteiger charge is -2.24. The number of carbonyl (C=O) groups excluding carboxylic acids is 2. The number of hydrogen-bond acceptors (Lipinski definition) is 5. The van der Waals surface area contributed by atoms with Crippen LogP contribution in [-0.4, -0.2) is 35.6 Å². The minimum absolute atomic E-state index is 0.118. The largest absolute Gasteiger partial charge is 0.495 e. The van der Waals surface area contributed by atoms with Crippen LogP contribution in [0.4, 0.5) is 5.69 Å². The molecule has 1 aliphatic carbocycles. The molecule has 1 fully saturated rings. The molecule has 0 spiro atoms.